The number of halogens is 1. The summed E-state index contributed by atoms with van der Waals surface area (Å²) in [5, 5.41) is 4.93. The van der Waals surface area contributed by atoms with E-state index in [2.05, 4.69) is 22.0 Å². The Balaban J connectivity index is 1.09. The van der Waals surface area contributed by atoms with E-state index in [0.29, 0.717) is 17.4 Å². The lowest BCUT2D eigenvalue weighted by Crippen LogP contribution is -2.29. The molecule has 0 amide bonds. The minimum Gasteiger partial charge on any atom is -0.382 e. The molecular weight excluding hydrogens is 685 g/mol. The second-order valence-electron chi connectivity index (χ2n) is 14.5. The molecule has 1 fully saturated rings. The van der Waals surface area contributed by atoms with Gasteiger partial charge in [0.05, 0.1) is 42.2 Å². The lowest BCUT2D eigenvalue weighted by molar-refractivity contribution is -0.0621. The van der Waals surface area contributed by atoms with Crippen molar-refractivity contribution in [3.8, 4) is 0 Å². The highest BCUT2D eigenvalue weighted by atomic mass is 35.5. The molecule has 4 rings (SSSR count). The number of aromatic nitrogens is 4. The van der Waals surface area contributed by atoms with Gasteiger partial charge in [-0.25, -0.2) is 9.50 Å². The molecule has 4 heterocycles. The van der Waals surface area contributed by atoms with E-state index in [4.69, 9.17) is 35.9 Å². The van der Waals surface area contributed by atoms with Gasteiger partial charge in [-0.1, -0.05) is 128 Å². The van der Waals surface area contributed by atoms with E-state index >= 15 is 0 Å². The Morgan fingerprint density at radius 1 is 0.961 bits per heavy atom. The highest BCUT2D eigenvalue weighted by Crippen LogP contribution is 2.43. The van der Waals surface area contributed by atoms with E-state index < -0.39 is 14.2 Å². The topological polar surface area (TPSA) is 126 Å². The zero-order valence-corrected chi connectivity index (χ0v) is 32.8. The molecule has 0 spiro atoms. The van der Waals surface area contributed by atoms with Gasteiger partial charge in [-0.15, -0.1) is 0 Å². The fourth-order valence-electron chi connectivity index (χ4n) is 6.87. The number of nitrogens with two attached hydrogens (primary N) is 1. The molecule has 3 aromatic rings. The number of anilines is 1. The van der Waals surface area contributed by atoms with Crippen molar-refractivity contribution in [1.82, 2.24) is 19.6 Å². The van der Waals surface area contributed by atoms with E-state index in [-0.39, 0.29) is 25.4 Å². The van der Waals surface area contributed by atoms with Gasteiger partial charge in [0.15, 0.2) is 5.82 Å². The van der Waals surface area contributed by atoms with Crippen LogP contribution in [0.1, 0.15) is 160 Å². The smallest absolute Gasteiger partial charge is 0.330 e. The van der Waals surface area contributed by atoms with Gasteiger partial charge in [0.25, 0.3) is 0 Å². The van der Waals surface area contributed by atoms with E-state index in [0.717, 1.165) is 48.9 Å². The zero-order chi connectivity index (χ0) is 36.2. The normalized spacial score (nSPS) is 18.9. The first-order valence-electron chi connectivity index (χ1n) is 19.6. The molecule has 0 aliphatic carbocycles. The quantitative estimate of drug-likeness (QED) is 0.0551. The number of hydrogen-bond acceptors (Lipinski definition) is 9. The summed E-state index contributed by atoms with van der Waals surface area (Å²) in [7, 11) is -2.10. The van der Waals surface area contributed by atoms with Crippen molar-refractivity contribution in [3.63, 3.8) is 0 Å². The number of rotatable bonds is 28. The maximum atomic E-state index is 10.7. The SMILES string of the molecule is CCCCCCCCCCCCCCCCCCCC(COP(O)OC[C@]1(C)CCC(c2ccc3c(N)ncnn23)O1)OCc1cncc(Cl)c1. The predicted molar refractivity (Wildman–Crippen MR) is 207 cm³/mol. The molecule has 0 aromatic carbocycles. The summed E-state index contributed by atoms with van der Waals surface area (Å²) < 4.78 is 26.0. The van der Waals surface area contributed by atoms with Gasteiger partial charge in [-0.05, 0) is 49.9 Å². The minimum absolute atomic E-state index is 0.162. The van der Waals surface area contributed by atoms with Crippen LogP contribution >= 0.6 is 20.2 Å². The van der Waals surface area contributed by atoms with Crippen molar-refractivity contribution >= 4 is 31.5 Å². The van der Waals surface area contributed by atoms with E-state index in [1.165, 1.54) is 103 Å². The van der Waals surface area contributed by atoms with E-state index in [1.807, 2.05) is 25.1 Å². The van der Waals surface area contributed by atoms with Crippen LogP contribution in [0, 0.1) is 0 Å². The summed E-state index contributed by atoms with van der Waals surface area (Å²) in [6, 6.07) is 5.74. The fraction of sp³-hybridized carbons (Fsp3) is 0.718. The molecule has 51 heavy (non-hydrogen) atoms. The summed E-state index contributed by atoms with van der Waals surface area (Å²) in [5.74, 6) is 0.431. The Hall–Kier alpha value is -1.91. The molecule has 10 nitrogen and oxygen atoms in total. The number of pyridine rings is 1. The number of nitrogen functional groups attached to an aromatic ring is 1. The van der Waals surface area contributed by atoms with Gasteiger partial charge in [0.1, 0.15) is 17.9 Å². The molecule has 3 unspecified atom stereocenters. The Labute approximate surface area is 312 Å². The van der Waals surface area contributed by atoms with Crippen LogP contribution in [-0.4, -0.2) is 49.4 Å². The molecule has 1 aliphatic heterocycles. The lowest BCUT2D eigenvalue weighted by Gasteiger charge is -2.26. The number of ether oxygens (including phenoxy) is 2. The molecule has 12 heteroatoms. The minimum atomic E-state index is -2.10. The molecule has 0 radical (unpaired) electrons. The summed E-state index contributed by atoms with van der Waals surface area (Å²) in [5.41, 5.74) is 8.02. The third-order valence-electron chi connectivity index (χ3n) is 9.93. The van der Waals surface area contributed by atoms with Gasteiger partial charge in [-0.2, -0.15) is 5.10 Å². The van der Waals surface area contributed by atoms with Crippen molar-refractivity contribution < 1.29 is 23.4 Å². The highest BCUT2D eigenvalue weighted by Gasteiger charge is 2.39. The Morgan fingerprint density at radius 3 is 2.25 bits per heavy atom. The van der Waals surface area contributed by atoms with Gasteiger partial charge in [0, 0.05) is 12.4 Å². The average Bonchev–Trinajstić information content (AvgIpc) is 3.74. The maximum absolute atomic E-state index is 10.7. The van der Waals surface area contributed by atoms with Crippen LogP contribution in [0.3, 0.4) is 0 Å². The molecular formula is C39H63ClN5O5P. The van der Waals surface area contributed by atoms with Gasteiger partial charge in [-0.3, -0.25) is 4.98 Å². The van der Waals surface area contributed by atoms with E-state index in [9.17, 15) is 4.89 Å². The number of unbranched alkanes of at least 4 members (excludes halogenated alkanes) is 16. The molecule has 1 aliphatic rings. The van der Waals surface area contributed by atoms with Gasteiger partial charge in [0.2, 0.25) is 0 Å². The number of nitrogens with zero attached hydrogens (tertiary/aromatic N) is 4. The first-order chi connectivity index (χ1) is 24.9. The summed E-state index contributed by atoms with van der Waals surface area (Å²) in [6.45, 7) is 5.11. The molecule has 286 valence electrons. The van der Waals surface area contributed by atoms with Crippen LogP contribution in [0.15, 0.2) is 36.9 Å². The molecule has 4 atom stereocenters. The fourth-order valence-corrected chi connectivity index (χ4v) is 7.81. The van der Waals surface area contributed by atoms with Crippen molar-refractivity contribution in [2.24, 2.45) is 0 Å². The Morgan fingerprint density at radius 2 is 1.61 bits per heavy atom. The zero-order valence-electron chi connectivity index (χ0n) is 31.2. The number of fused-ring (bicyclic) bond motifs is 1. The standard InChI is InChI=1S/C39H63ClN5O5P/c1-3-4-5-6-7-8-9-10-11-12-13-14-15-16-17-18-19-20-34(47-28-32-25-33(40)27-42-26-32)29-48-51(46)49-30-39(2)24-23-37(50-39)35-21-22-36-38(41)43-31-44-45(35)36/h21-22,25-27,31,34,37,46H,3-20,23-24,28-30H2,1-2H3,(H2,41,43,44)/t34?,37?,39-,51?/m0/s1. The second kappa shape index (κ2) is 23.7. The van der Waals surface area contributed by atoms with Crippen LogP contribution in [-0.2, 0) is 25.1 Å². The molecule has 0 bridgehead atoms. The van der Waals surface area contributed by atoms with Crippen LogP contribution in [0.4, 0.5) is 5.82 Å². The summed E-state index contributed by atoms with van der Waals surface area (Å²) >= 11 is 6.14. The van der Waals surface area contributed by atoms with Crippen molar-refractivity contribution in [2.75, 3.05) is 18.9 Å². The maximum Gasteiger partial charge on any atom is 0.330 e. The monoisotopic (exact) mass is 747 g/mol. The number of hydrogen-bond donors (Lipinski definition) is 2. The summed E-state index contributed by atoms with van der Waals surface area (Å²) in [6.07, 6.45) is 29.7. The first kappa shape index (κ1) is 41.8. The van der Waals surface area contributed by atoms with E-state index in [1.54, 1.807) is 16.9 Å². The highest BCUT2D eigenvalue weighted by molar-refractivity contribution is 7.40. The average molecular weight is 748 g/mol. The predicted octanol–water partition coefficient (Wildman–Crippen LogP) is 10.8. The molecule has 1 saturated heterocycles. The third-order valence-corrected chi connectivity index (χ3v) is 10.9. The Kier molecular flexibility index (Phi) is 19.4. The molecule has 3 N–H and O–H groups in total. The van der Waals surface area contributed by atoms with Crippen molar-refractivity contribution in [3.05, 3.63) is 53.2 Å². The van der Waals surface area contributed by atoms with Gasteiger partial charge >= 0.3 is 8.60 Å². The summed E-state index contributed by atoms with van der Waals surface area (Å²) in [4.78, 5) is 18.9. The molecule has 0 saturated carbocycles. The Bertz CT molecular complexity index is 1380. The second-order valence-corrected chi connectivity index (χ2v) is 15.9. The third kappa shape index (κ3) is 15.5. The van der Waals surface area contributed by atoms with Crippen LogP contribution < -0.4 is 5.73 Å². The largest absolute Gasteiger partial charge is 0.382 e. The van der Waals surface area contributed by atoms with Crippen LogP contribution in [0.5, 0.6) is 0 Å². The first-order valence-corrected chi connectivity index (χ1v) is 21.1. The van der Waals surface area contributed by atoms with Crippen LogP contribution in [0.2, 0.25) is 5.02 Å². The van der Waals surface area contributed by atoms with Gasteiger partial charge < -0.3 is 29.1 Å². The van der Waals surface area contributed by atoms with Crippen LogP contribution in [0.25, 0.3) is 5.52 Å². The van der Waals surface area contributed by atoms with Crippen molar-refractivity contribution in [2.45, 2.75) is 167 Å². The lowest BCUT2D eigenvalue weighted by atomic mass is 10.0. The molecule has 3 aromatic heterocycles. The van der Waals surface area contributed by atoms with Crippen molar-refractivity contribution in [1.29, 1.82) is 0 Å².